The van der Waals surface area contributed by atoms with Crippen LogP contribution in [-0.2, 0) is 0 Å². The maximum atomic E-state index is 14.5. The Morgan fingerprint density at radius 3 is 1.56 bits per heavy atom. The Kier molecular flexibility index (Phi) is 6.21. The number of methoxy groups -OCH3 is 1. The van der Waals surface area contributed by atoms with Crippen LogP contribution < -0.4 is 4.74 Å². The fourth-order valence-electron chi connectivity index (χ4n) is 3.14. The second-order valence-corrected chi connectivity index (χ2v) is 7.11. The lowest BCUT2D eigenvalue weighted by Crippen LogP contribution is -1.94. The molecule has 0 aliphatic heterocycles. The van der Waals surface area contributed by atoms with Crippen LogP contribution in [-0.4, -0.2) is 7.11 Å². The number of halogens is 6. The average molecular weight is 466 g/mol. The van der Waals surface area contributed by atoms with E-state index in [-0.39, 0.29) is 11.3 Å². The summed E-state index contributed by atoms with van der Waals surface area (Å²) in [7, 11) is 1.25. The zero-order valence-electron chi connectivity index (χ0n) is 17.4. The Hall–Kier alpha value is -4.36. The average Bonchev–Trinajstić information content (AvgIpc) is 2.78. The van der Waals surface area contributed by atoms with Gasteiger partial charge in [-0.3, -0.25) is 0 Å². The summed E-state index contributed by atoms with van der Waals surface area (Å²) in [6, 6.07) is 10.1. The van der Waals surface area contributed by atoms with Gasteiger partial charge in [-0.2, -0.15) is 0 Å². The molecule has 0 spiro atoms. The van der Waals surface area contributed by atoms with Gasteiger partial charge in [0.25, 0.3) is 0 Å². The van der Waals surface area contributed by atoms with Crippen molar-refractivity contribution in [1.29, 1.82) is 0 Å². The van der Waals surface area contributed by atoms with E-state index in [1.54, 1.807) is 0 Å². The second kappa shape index (κ2) is 9.25. The van der Waals surface area contributed by atoms with Crippen LogP contribution in [0.25, 0.3) is 10.8 Å². The third-order valence-electron chi connectivity index (χ3n) is 4.84. The fraction of sp³-hybridized carbons (Fsp3) is 0.0370. The van der Waals surface area contributed by atoms with E-state index >= 15 is 0 Å². The third-order valence-corrected chi connectivity index (χ3v) is 4.84. The molecule has 0 aliphatic rings. The molecule has 0 aromatic heterocycles. The van der Waals surface area contributed by atoms with E-state index in [1.165, 1.54) is 25.3 Å². The molecule has 0 N–H and O–H groups in total. The molecule has 0 radical (unpaired) electrons. The van der Waals surface area contributed by atoms with E-state index in [4.69, 9.17) is 4.74 Å². The fourth-order valence-corrected chi connectivity index (χ4v) is 3.14. The van der Waals surface area contributed by atoms with Crippen molar-refractivity contribution in [3.63, 3.8) is 0 Å². The summed E-state index contributed by atoms with van der Waals surface area (Å²) < 4.78 is 88.5. The van der Waals surface area contributed by atoms with Crippen molar-refractivity contribution in [3.05, 3.63) is 112 Å². The van der Waals surface area contributed by atoms with Crippen LogP contribution in [0.2, 0.25) is 0 Å². The number of fused-ring (bicyclic) bond motifs is 1. The van der Waals surface area contributed by atoms with E-state index in [2.05, 4.69) is 23.7 Å². The quantitative estimate of drug-likeness (QED) is 0.230. The molecule has 0 aliphatic carbocycles. The summed E-state index contributed by atoms with van der Waals surface area (Å²) in [5.41, 5.74) is -0.944. The van der Waals surface area contributed by atoms with Gasteiger partial charge in [0.1, 0.15) is 29.0 Å². The summed E-state index contributed by atoms with van der Waals surface area (Å²) in [5.74, 6) is 3.43. The lowest BCUT2D eigenvalue weighted by atomic mass is 10.1. The predicted molar refractivity (Wildman–Crippen MR) is 115 cm³/mol. The van der Waals surface area contributed by atoms with Gasteiger partial charge >= 0.3 is 0 Å². The second-order valence-electron chi connectivity index (χ2n) is 7.11. The van der Waals surface area contributed by atoms with Crippen molar-refractivity contribution in [3.8, 4) is 29.4 Å². The summed E-state index contributed by atoms with van der Waals surface area (Å²) in [5, 5.41) is 0.810. The van der Waals surface area contributed by atoms with Gasteiger partial charge in [0.2, 0.25) is 0 Å². The van der Waals surface area contributed by atoms with Crippen molar-refractivity contribution >= 4 is 10.8 Å². The molecule has 7 heteroatoms. The van der Waals surface area contributed by atoms with Gasteiger partial charge in [0.05, 0.1) is 18.2 Å². The van der Waals surface area contributed by atoms with Crippen molar-refractivity contribution in [1.82, 2.24) is 0 Å². The van der Waals surface area contributed by atoms with E-state index in [0.29, 0.717) is 16.3 Å². The van der Waals surface area contributed by atoms with Crippen LogP contribution >= 0.6 is 0 Å². The summed E-state index contributed by atoms with van der Waals surface area (Å²) in [6.07, 6.45) is 0. The summed E-state index contributed by atoms with van der Waals surface area (Å²) in [6.45, 7) is 0. The lowest BCUT2D eigenvalue weighted by molar-refractivity contribution is 0.406. The Balaban J connectivity index is 1.65. The highest BCUT2D eigenvalue weighted by molar-refractivity contribution is 5.84. The molecule has 0 bridgehead atoms. The van der Waals surface area contributed by atoms with Gasteiger partial charge < -0.3 is 4.74 Å². The summed E-state index contributed by atoms with van der Waals surface area (Å²) >= 11 is 0. The van der Waals surface area contributed by atoms with Gasteiger partial charge in [-0.15, -0.1) is 0 Å². The SMILES string of the molecule is COc1cc(F)c(C#Cc2cc(F)c(C#Cc3ccc4cc(F)c(F)cc4c3)c(F)c2)c(F)c1. The lowest BCUT2D eigenvalue weighted by Gasteiger charge is -2.02. The zero-order chi connectivity index (χ0) is 24.4. The largest absolute Gasteiger partial charge is 0.497 e. The maximum Gasteiger partial charge on any atom is 0.159 e. The zero-order valence-corrected chi connectivity index (χ0v) is 17.4. The van der Waals surface area contributed by atoms with Crippen molar-refractivity contribution in [2.45, 2.75) is 0 Å². The molecular formula is C27H12F6O. The molecule has 0 heterocycles. The van der Waals surface area contributed by atoms with Gasteiger partial charge in [0.15, 0.2) is 11.6 Å². The first-order valence-corrected chi connectivity index (χ1v) is 9.70. The standard InChI is InChI=1S/C27H12F6O/c1-34-19-13-24(30)21(25(31)14-19)7-4-16-9-22(28)20(23(29)10-16)6-3-15-2-5-17-11-26(32)27(33)12-18(17)8-15/h2,5,8-14H,1H3. The number of rotatable bonds is 1. The van der Waals surface area contributed by atoms with Gasteiger partial charge in [-0.25, -0.2) is 26.3 Å². The molecule has 4 rings (SSSR count). The van der Waals surface area contributed by atoms with Gasteiger partial charge in [-0.05, 0) is 47.2 Å². The smallest absolute Gasteiger partial charge is 0.159 e. The molecule has 4 aromatic rings. The summed E-state index contributed by atoms with van der Waals surface area (Å²) in [4.78, 5) is 0. The van der Waals surface area contributed by atoms with Crippen molar-refractivity contribution in [2.75, 3.05) is 7.11 Å². The minimum atomic E-state index is -1.03. The van der Waals surface area contributed by atoms with Crippen LogP contribution in [0.15, 0.2) is 54.6 Å². The molecular weight excluding hydrogens is 454 g/mol. The Bertz CT molecular complexity index is 1520. The molecule has 34 heavy (non-hydrogen) atoms. The molecule has 0 fully saturated rings. The number of ether oxygens (including phenoxy) is 1. The monoisotopic (exact) mass is 466 g/mol. The number of hydrogen-bond acceptors (Lipinski definition) is 1. The van der Waals surface area contributed by atoms with Crippen LogP contribution in [0.5, 0.6) is 5.75 Å². The minimum Gasteiger partial charge on any atom is -0.497 e. The molecule has 4 aromatic carbocycles. The molecule has 0 atom stereocenters. The highest BCUT2D eigenvalue weighted by Gasteiger charge is 2.11. The van der Waals surface area contributed by atoms with Crippen LogP contribution in [0.4, 0.5) is 26.3 Å². The van der Waals surface area contributed by atoms with Crippen molar-refractivity contribution in [2.24, 2.45) is 0 Å². The highest BCUT2D eigenvalue weighted by Crippen LogP contribution is 2.21. The Morgan fingerprint density at radius 1 is 0.500 bits per heavy atom. The first kappa shape index (κ1) is 22.8. The van der Waals surface area contributed by atoms with Crippen LogP contribution in [0.3, 0.4) is 0 Å². The topological polar surface area (TPSA) is 9.23 Å². The molecule has 168 valence electrons. The van der Waals surface area contributed by atoms with Crippen LogP contribution in [0.1, 0.15) is 22.3 Å². The molecule has 1 nitrogen and oxygen atoms in total. The first-order chi connectivity index (χ1) is 16.2. The van der Waals surface area contributed by atoms with E-state index < -0.39 is 46.0 Å². The first-order valence-electron chi connectivity index (χ1n) is 9.70. The predicted octanol–water partition coefficient (Wildman–Crippen LogP) is 6.48. The van der Waals surface area contributed by atoms with E-state index in [0.717, 1.165) is 36.4 Å². The van der Waals surface area contributed by atoms with Crippen LogP contribution in [0, 0.1) is 58.6 Å². The van der Waals surface area contributed by atoms with E-state index in [9.17, 15) is 26.3 Å². The Labute approximate surface area is 190 Å². The highest BCUT2D eigenvalue weighted by atomic mass is 19.2. The minimum absolute atomic E-state index is 0.0377. The maximum absolute atomic E-state index is 14.5. The molecule has 0 amide bonds. The number of benzene rings is 4. The van der Waals surface area contributed by atoms with Gasteiger partial charge in [0, 0.05) is 23.3 Å². The molecule has 0 saturated carbocycles. The van der Waals surface area contributed by atoms with E-state index in [1.807, 2.05) is 0 Å². The van der Waals surface area contributed by atoms with Gasteiger partial charge in [-0.1, -0.05) is 29.7 Å². The number of hydrogen-bond donors (Lipinski definition) is 0. The molecule has 0 unspecified atom stereocenters. The normalized spacial score (nSPS) is 10.3. The third kappa shape index (κ3) is 4.69. The van der Waals surface area contributed by atoms with Crippen molar-refractivity contribution < 1.29 is 31.1 Å². The Morgan fingerprint density at radius 2 is 1.00 bits per heavy atom. The molecule has 0 saturated heterocycles.